The zero-order valence-electron chi connectivity index (χ0n) is 12.1. The van der Waals surface area contributed by atoms with E-state index in [1.165, 1.54) is 0 Å². The Hall–Kier alpha value is -1.72. The molecule has 1 heterocycles. The number of halogens is 3. The van der Waals surface area contributed by atoms with Crippen LogP contribution in [0.2, 0.25) is 0 Å². The summed E-state index contributed by atoms with van der Waals surface area (Å²) >= 11 is 0. The van der Waals surface area contributed by atoms with Gasteiger partial charge in [0.05, 0.1) is 0 Å². The molecule has 1 aliphatic heterocycles. The van der Waals surface area contributed by atoms with Gasteiger partial charge in [-0.2, -0.15) is 13.2 Å². The van der Waals surface area contributed by atoms with Gasteiger partial charge in [-0.3, -0.25) is 0 Å². The van der Waals surface area contributed by atoms with Crippen molar-refractivity contribution in [3.8, 4) is 0 Å². The second-order valence-electron chi connectivity index (χ2n) is 5.48. The zero-order chi connectivity index (χ0) is 15.6. The molecule has 0 bridgehead atoms. The van der Waals surface area contributed by atoms with Crippen LogP contribution >= 0.6 is 0 Å². The molecule has 0 spiro atoms. The fourth-order valence-corrected chi connectivity index (χ4v) is 2.53. The molecule has 2 amide bonds. The lowest BCUT2D eigenvalue weighted by Gasteiger charge is -2.36. The number of anilines is 1. The van der Waals surface area contributed by atoms with E-state index in [9.17, 15) is 18.0 Å². The van der Waals surface area contributed by atoms with Crippen molar-refractivity contribution in [2.24, 2.45) is 0 Å². The highest BCUT2D eigenvalue weighted by Crippen LogP contribution is 2.32. The molecule has 2 rings (SSSR count). The maximum Gasteiger partial charge on any atom is 0.408 e. The second kappa shape index (κ2) is 5.95. The number of alkyl halides is 3. The van der Waals surface area contributed by atoms with Gasteiger partial charge in [0.2, 0.25) is 0 Å². The first-order valence-corrected chi connectivity index (χ1v) is 7.00. The number of nitrogens with one attached hydrogen (secondary N) is 1. The molecule has 1 unspecified atom stereocenters. The van der Waals surface area contributed by atoms with E-state index in [1.54, 1.807) is 12.1 Å². The van der Waals surface area contributed by atoms with Crippen LogP contribution in [0.1, 0.15) is 30.4 Å². The van der Waals surface area contributed by atoms with Crippen molar-refractivity contribution >= 4 is 11.7 Å². The van der Waals surface area contributed by atoms with E-state index in [0.717, 1.165) is 16.0 Å². The number of piperidine rings is 1. The van der Waals surface area contributed by atoms with Gasteiger partial charge in [0.25, 0.3) is 0 Å². The molecule has 1 aromatic rings. The van der Waals surface area contributed by atoms with Gasteiger partial charge in [-0.05, 0) is 56.4 Å². The number of carbonyl (C=O) groups excluding carboxylic acids is 1. The molecule has 1 aromatic carbocycles. The summed E-state index contributed by atoms with van der Waals surface area (Å²) in [6, 6.07) is 2.94. The van der Waals surface area contributed by atoms with E-state index in [2.05, 4.69) is 5.32 Å². The number of hydrogen-bond donors (Lipinski definition) is 1. The first-order chi connectivity index (χ1) is 9.79. The van der Waals surface area contributed by atoms with Crippen LogP contribution in [0.5, 0.6) is 0 Å². The van der Waals surface area contributed by atoms with Crippen LogP contribution < -0.4 is 5.32 Å². The van der Waals surface area contributed by atoms with E-state index in [1.807, 2.05) is 19.9 Å². The summed E-state index contributed by atoms with van der Waals surface area (Å²) in [5.41, 5.74) is 2.58. The maximum atomic E-state index is 13.0. The molecule has 1 saturated heterocycles. The van der Waals surface area contributed by atoms with E-state index in [0.29, 0.717) is 18.5 Å². The van der Waals surface area contributed by atoms with Crippen LogP contribution in [0.25, 0.3) is 0 Å². The minimum absolute atomic E-state index is 0.0240. The molecule has 21 heavy (non-hydrogen) atoms. The molecule has 1 N–H and O–H groups in total. The quantitative estimate of drug-likeness (QED) is 0.826. The van der Waals surface area contributed by atoms with E-state index < -0.39 is 18.2 Å². The van der Waals surface area contributed by atoms with Crippen molar-refractivity contribution in [1.82, 2.24) is 4.90 Å². The molecule has 0 aliphatic carbocycles. The van der Waals surface area contributed by atoms with Gasteiger partial charge in [0.15, 0.2) is 0 Å². The number of rotatable bonds is 1. The van der Waals surface area contributed by atoms with Crippen molar-refractivity contribution in [1.29, 1.82) is 0 Å². The maximum absolute atomic E-state index is 13.0. The summed E-state index contributed by atoms with van der Waals surface area (Å²) in [6.07, 6.45) is -3.30. The van der Waals surface area contributed by atoms with Crippen molar-refractivity contribution in [3.05, 3.63) is 29.3 Å². The first-order valence-electron chi connectivity index (χ1n) is 7.00. The Labute approximate surface area is 122 Å². The number of urea groups is 1. The summed E-state index contributed by atoms with van der Waals surface area (Å²) in [6.45, 7) is 3.97. The zero-order valence-corrected chi connectivity index (χ0v) is 12.1. The minimum atomic E-state index is -4.37. The van der Waals surface area contributed by atoms with Gasteiger partial charge in [-0.1, -0.05) is 6.07 Å². The van der Waals surface area contributed by atoms with Crippen molar-refractivity contribution < 1.29 is 18.0 Å². The van der Waals surface area contributed by atoms with Gasteiger partial charge >= 0.3 is 12.2 Å². The van der Waals surface area contributed by atoms with Crippen LogP contribution in [0, 0.1) is 13.8 Å². The third-order valence-corrected chi connectivity index (χ3v) is 3.90. The van der Waals surface area contributed by atoms with Crippen molar-refractivity contribution in [2.45, 2.75) is 45.3 Å². The predicted octanol–water partition coefficient (Wildman–Crippen LogP) is 4.25. The van der Waals surface area contributed by atoms with Crippen LogP contribution in [-0.4, -0.2) is 29.7 Å². The molecule has 0 saturated carbocycles. The lowest BCUT2D eigenvalue weighted by molar-refractivity contribution is -0.181. The van der Waals surface area contributed by atoms with Crippen molar-refractivity contribution in [2.75, 3.05) is 11.9 Å². The molecule has 3 nitrogen and oxygen atoms in total. The SMILES string of the molecule is Cc1ccc(NC(=O)N2CCCCC2C(F)(F)F)cc1C. The molecule has 0 aromatic heterocycles. The lowest BCUT2D eigenvalue weighted by Crippen LogP contribution is -2.52. The molecule has 6 heteroatoms. The minimum Gasteiger partial charge on any atom is -0.312 e. The number of aryl methyl sites for hydroxylation is 2. The summed E-state index contributed by atoms with van der Waals surface area (Å²) in [4.78, 5) is 13.0. The molecule has 0 radical (unpaired) electrons. The van der Waals surface area contributed by atoms with Gasteiger partial charge in [0.1, 0.15) is 6.04 Å². The van der Waals surface area contributed by atoms with Gasteiger partial charge in [-0.25, -0.2) is 4.79 Å². The van der Waals surface area contributed by atoms with Crippen LogP contribution in [-0.2, 0) is 0 Å². The van der Waals surface area contributed by atoms with Gasteiger partial charge in [0, 0.05) is 12.2 Å². The fourth-order valence-electron chi connectivity index (χ4n) is 2.53. The average Bonchev–Trinajstić information content (AvgIpc) is 2.42. The fraction of sp³-hybridized carbons (Fsp3) is 0.533. The molecule has 1 fully saturated rings. The van der Waals surface area contributed by atoms with Crippen LogP contribution in [0.3, 0.4) is 0 Å². The highest BCUT2D eigenvalue weighted by Gasteiger charge is 2.46. The normalized spacial score (nSPS) is 19.5. The largest absolute Gasteiger partial charge is 0.408 e. The molecular weight excluding hydrogens is 281 g/mol. The number of benzene rings is 1. The molecular formula is C15H19F3N2O. The number of likely N-dealkylation sites (tertiary alicyclic amines) is 1. The third-order valence-electron chi connectivity index (χ3n) is 3.90. The lowest BCUT2D eigenvalue weighted by atomic mass is 10.0. The highest BCUT2D eigenvalue weighted by molar-refractivity contribution is 5.89. The third kappa shape index (κ3) is 3.68. The van der Waals surface area contributed by atoms with Crippen LogP contribution in [0.15, 0.2) is 18.2 Å². The number of amides is 2. The van der Waals surface area contributed by atoms with Crippen molar-refractivity contribution in [3.63, 3.8) is 0 Å². The number of nitrogens with zero attached hydrogens (tertiary/aromatic N) is 1. The Morgan fingerprint density at radius 2 is 1.95 bits per heavy atom. The van der Waals surface area contributed by atoms with Gasteiger partial charge < -0.3 is 10.2 Å². The Morgan fingerprint density at radius 1 is 1.24 bits per heavy atom. The van der Waals surface area contributed by atoms with Crippen LogP contribution in [0.4, 0.5) is 23.7 Å². The average molecular weight is 300 g/mol. The second-order valence-corrected chi connectivity index (χ2v) is 5.48. The molecule has 1 atom stereocenters. The molecule has 1 aliphatic rings. The Morgan fingerprint density at radius 3 is 2.57 bits per heavy atom. The highest BCUT2D eigenvalue weighted by atomic mass is 19.4. The predicted molar refractivity (Wildman–Crippen MR) is 75.3 cm³/mol. The van der Waals surface area contributed by atoms with E-state index in [4.69, 9.17) is 0 Å². The van der Waals surface area contributed by atoms with E-state index in [-0.39, 0.29) is 13.0 Å². The summed E-state index contributed by atoms with van der Waals surface area (Å²) < 4.78 is 39.0. The number of carbonyl (C=O) groups is 1. The summed E-state index contributed by atoms with van der Waals surface area (Å²) in [7, 11) is 0. The Bertz CT molecular complexity index is 528. The summed E-state index contributed by atoms with van der Waals surface area (Å²) in [5.74, 6) is 0. The Balaban J connectivity index is 2.12. The first kappa shape index (κ1) is 15.7. The standard InChI is InChI=1S/C15H19F3N2O/c1-10-6-7-12(9-11(10)2)19-14(21)20-8-4-3-5-13(20)15(16,17)18/h6-7,9,13H,3-5,8H2,1-2H3,(H,19,21). The monoisotopic (exact) mass is 300 g/mol. The smallest absolute Gasteiger partial charge is 0.312 e. The Kier molecular flexibility index (Phi) is 4.44. The topological polar surface area (TPSA) is 32.3 Å². The number of hydrogen-bond acceptors (Lipinski definition) is 1. The van der Waals surface area contributed by atoms with E-state index >= 15 is 0 Å². The molecule has 116 valence electrons. The van der Waals surface area contributed by atoms with Gasteiger partial charge in [-0.15, -0.1) is 0 Å². The summed E-state index contributed by atoms with van der Waals surface area (Å²) in [5, 5.41) is 2.57.